The van der Waals surface area contributed by atoms with Gasteiger partial charge in [-0.15, -0.1) is 0 Å². The predicted molar refractivity (Wildman–Crippen MR) is 77.9 cm³/mol. The smallest absolute Gasteiger partial charge is 0.222 e. The summed E-state index contributed by atoms with van der Waals surface area (Å²) in [6.07, 6.45) is 7.71. The first-order chi connectivity index (χ1) is 9.22. The molecule has 2 aliphatic rings. The van der Waals surface area contributed by atoms with E-state index in [1.165, 1.54) is 19.4 Å². The molecule has 0 radical (unpaired) electrons. The Labute approximate surface area is 117 Å². The third kappa shape index (κ3) is 3.93. The Bertz CT molecular complexity index is 295. The van der Waals surface area contributed by atoms with Crippen molar-refractivity contribution < 1.29 is 4.79 Å². The number of nitrogens with two attached hydrogens (primary N) is 1. The molecule has 19 heavy (non-hydrogen) atoms. The molecule has 1 amide bonds. The highest BCUT2D eigenvalue weighted by molar-refractivity contribution is 5.76. The quantitative estimate of drug-likeness (QED) is 0.744. The summed E-state index contributed by atoms with van der Waals surface area (Å²) in [6, 6.07) is 1.03. The number of amides is 1. The van der Waals surface area contributed by atoms with Gasteiger partial charge in [-0.3, -0.25) is 9.69 Å². The molecular weight excluding hydrogens is 238 g/mol. The number of carbonyl (C=O) groups excluding carboxylic acids is 1. The van der Waals surface area contributed by atoms with Crippen molar-refractivity contribution in [2.75, 3.05) is 26.2 Å². The summed E-state index contributed by atoms with van der Waals surface area (Å²) in [5.41, 5.74) is 5.48. The van der Waals surface area contributed by atoms with Gasteiger partial charge in [0.05, 0.1) is 0 Å². The fourth-order valence-corrected chi connectivity index (χ4v) is 3.45. The van der Waals surface area contributed by atoms with Gasteiger partial charge in [0, 0.05) is 31.6 Å². The molecule has 2 fully saturated rings. The van der Waals surface area contributed by atoms with E-state index in [2.05, 4.69) is 16.7 Å². The highest BCUT2D eigenvalue weighted by Crippen LogP contribution is 2.25. The fraction of sp³-hybridized carbons (Fsp3) is 0.933. The molecule has 0 aliphatic carbocycles. The van der Waals surface area contributed by atoms with Gasteiger partial charge in [-0.05, 0) is 45.7 Å². The van der Waals surface area contributed by atoms with Gasteiger partial charge in [0.25, 0.3) is 0 Å². The number of nitrogens with zero attached hydrogens (tertiary/aromatic N) is 2. The molecule has 0 aromatic heterocycles. The molecule has 0 bridgehead atoms. The van der Waals surface area contributed by atoms with Crippen molar-refractivity contribution >= 4 is 5.91 Å². The normalized spacial score (nSPS) is 27.6. The average Bonchev–Trinajstić information content (AvgIpc) is 2.84. The van der Waals surface area contributed by atoms with E-state index in [4.69, 9.17) is 5.73 Å². The molecule has 0 spiro atoms. The van der Waals surface area contributed by atoms with Crippen LogP contribution in [0.1, 0.15) is 51.9 Å². The lowest BCUT2D eigenvalue weighted by molar-refractivity contribution is -0.136. The third-order valence-electron chi connectivity index (χ3n) is 4.60. The first kappa shape index (κ1) is 14.8. The summed E-state index contributed by atoms with van der Waals surface area (Å²) in [7, 11) is 0. The predicted octanol–water partition coefficient (Wildman–Crippen LogP) is 1.59. The van der Waals surface area contributed by atoms with E-state index in [1.807, 2.05) is 0 Å². The summed E-state index contributed by atoms with van der Waals surface area (Å²) in [5, 5.41) is 0. The van der Waals surface area contributed by atoms with E-state index in [0.717, 1.165) is 51.7 Å². The second-order valence-electron chi connectivity index (χ2n) is 6.14. The minimum atomic E-state index is 0.367. The summed E-state index contributed by atoms with van der Waals surface area (Å²) in [5.74, 6) is 0.367. The van der Waals surface area contributed by atoms with Crippen molar-refractivity contribution in [3.63, 3.8) is 0 Å². The lowest BCUT2D eigenvalue weighted by Gasteiger charge is -2.42. The van der Waals surface area contributed by atoms with Crippen molar-refractivity contribution in [2.24, 2.45) is 5.73 Å². The Kier molecular flexibility index (Phi) is 5.64. The summed E-state index contributed by atoms with van der Waals surface area (Å²) in [6.45, 7) is 6.23. The molecule has 0 aromatic carbocycles. The van der Waals surface area contributed by atoms with Gasteiger partial charge in [0.15, 0.2) is 0 Å². The molecule has 4 nitrogen and oxygen atoms in total. The lowest BCUT2D eigenvalue weighted by Crippen LogP contribution is -2.56. The first-order valence-electron chi connectivity index (χ1n) is 7.96. The summed E-state index contributed by atoms with van der Waals surface area (Å²) < 4.78 is 0. The highest BCUT2D eigenvalue weighted by atomic mass is 16.2. The molecule has 4 heteroatoms. The molecule has 0 aromatic rings. The maximum atomic E-state index is 12.3. The van der Waals surface area contributed by atoms with Gasteiger partial charge in [-0.2, -0.15) is 0 Å². The zero-order chi connectivity index (χ0) is 13.7. The van der Waals surface area contributed by atoms with Crippen molar-refractivity contribution in [3.8, 4) is 0 Å². The molecule has 2 unspecified atom stereocenters. The Morgan fingerprint density at radius 1 is 1.21 bits per heavy atom. The molecule has 2 N–H and O–H groups in total. The van der Waals surface area contributed by atoms with Crippen molar-refractivity contribution in [1.29, 1.82) is 0 Å². The molecule has 2 heterocycles. The van der Waals surface area contributed by atoms with E-state index >= 15 is 0 Å². The molecule has 2 aliphatic heterocycles. The maximum Gasteiger partial charge on any atom is 0.222 e. The Morgan fingerprint density at radius 3 is 2.79 bits per heavy atom. The van der Waals surface area contributed by atoms with Crippen LogP contribution in [0.4, 0.5) is 0 Å². The maximum absolute atomic E-state index is 12.3. The fourth-order valence-electron chi connectivity index (χ4n) is 3.45. The van der Waals surface area contributed by atoms with Crippen LogP contribution in [0.25, 0.3) is 0 Å². The Balaban J connectivity index is 1.72. The van der Waals surface area contributed by atoms with Gasteiger partial charge in [0.1, 0.15) is 0 Å². The number of piperazine rings is 1. The second-order valence-corrected chi connectivity index (χ2v) is 6.14. The van der Waals surface area contributed by atoms with Gasteiger partial charge >= 0.3 is 0 Å². The number of rotatable bonds is 6. The van der Waals surface area contributed by atoms with Crippen LogP contribution < -0.4 is 5.73 Å². The van der Waals surface area contributed by atoms with E-state index in [0.29, 0.717) is 18.0 Å². The van der Waals surface area contributed by atoms with E-state index in [1.54, 1.807) is 0 Å². The van der Waals surface area contributed by atoms with Crippen molar-refractivity contribution in [3.05, 3.63) is 0 Å². The van der Waals surface area contributed by atoms with E-state index < -0.39 is 0 Å². The zero-order valence-electron chi connectivity index (χ0n) is 12.3. The van der Waals surface area contributed by atoms with Gasteiger partial charge in [0.2, 0.25) is 5.91 Å². The van der Waals surface area contributed by atoms with Gasteiger partial charge in [-0.1, -0.05) is 12.8 Å². The van der Waals surface area contributed by atoms with Gasteiger partial charge in [-0.25, -0.2) is 0 Å². The van der Waals surface area contributed by atoms with Crippen molar-refractivity contribution in [2.45, 2.75) is 64.0 Å². The average molecular weight is 267 g/mol. The molecule has 2 saturated heterocycles. The number of fused-ring (bicyclic) bond motifs is 1. The number of hydrogen-bond acceptors (Lipinski definition) is 3. The van der Waals surface area contributed by atoms with E-state index in [-0.39, 0.29) is 0 Å². The molecule has 110 valence electrons. The standard InChI is InChI=1S/C15H29N3O/c1-13-11-17-10-6-7-14(17)12-18(13)15(19)8-4-2-3-5-9-16/h13-14H,2-12,16H2,1H3. The largest absolute Gasteiger partial charge is 0.337 e. The molecule has 0 saturated carbocycles. The van der Waals surface area contributed by atoms with Crippen LogP contribution in [0.3, 0.4) is 0 Å². The number of carbonyl (C=O) groups is 1. The first-order valence-corrected chi connectivity index (χ1v) is 7.96. The minimum absolute atomic E-state index is 0.367. The van der Waals surface area contributed by atoms with Crippen molar-refractivity contribution in [1.82, 2.24) is 9.80 Å². The summed E-state index contributed by atoms with van der Waals surface area (Å²) in [4.78, 5) is 17.0. The Hall–Kier alpha value is -0.610. The summed E-state index contributed by atoms with van der Waals surface area (Å²) >= 11 is 0. The van der Waals surface area contributed by atoms with Gasteiger partial charge < -0.3 is 10.6 Å². The van der Waals surface area contributed by atoms with Crippen LogP contribution >= 0.6 is 0 Å². The second kappa shape index (κ2) is 7.25. The molecular formula is C15H29N3O. The SMILES string of the molecule is CC1CN2CCCC2CN1C(=O)CCCCCCN. The minimum Gasteiger partial charge on any atom is -0.337 e. The lowest BCUT2D eigenvalue weighted by atomic mass is 10.1. The van der Waals surface area contributed by atoms with Crippen LogP contribution in [0.2, 0.25) is 0 Å². The zero-order valence-corrected chi connectivity index (χ0v) is 12.3. The van der Waals surface area contributed by atoms with Crippen LogP contribution in [-0.2, 0) is 4.79 Å². The molecule has 2 atom stereocenters. The monoisotopic (exact) mass is 267 g/mol. The van der Waals surface area contributed by atoms with Crippen LogP contribution in [0.5, 0.6) is 0 Å². The van der Waals surface area contributed by atoms with Crippen LogP contribution in [0, 0.1) is 0 Å². The highest BCUT2D eigenvalue weighted by Gasteiger charge is 2.35. The number of hydrogen-bond donors (Lipinski definition) is 1. The molecule has 2 rings (SSSR count). The van der Waals surface area contributed by atoms with Crippen LogP contribution in [-0.4, -0.2) is 54.0 Å². The van der Waals surface area contributed by atoms with E-state index in [9.17, 15) is 4.79 Å². The number of unbranched alkanes of at least 4 members (excludes halogenated alkanes) is 3. The van der Waals surface area contributed by atoms with Crippen LogP contribution in [0.15, 0.2) is 0 Å². The third-order valence-corrected chi connectivity index (χ3v) is 4.60. The topological polar surface area (TPSA) is 49.6 Å². The Morgan fingerprint density at radius 2 is 2.00 bits per heavy atom.